The monoisotopic (exact) mass is 450 g/mol. The van der Waals surface area contributed by atoms with Crippen LogP contribution < -0.4 is 9.62 Å². The summed E-state index contributed by atoms with van der Waals surface area (Å²) in [6.45, 7) is -0.0942. The molecule has 0 saturated carbocycles. The van der Waals surface area contributed by atoms with Gasteiger partial charge in [0.25, 0.3) is 0 Å². The average Bonchev–Trinajstić information content (AvgIpc) is 2.56. The third-order valence-electron chi connectivity index (χ3n) is 3.47. The number of rotatable bonds is 7. The fourth-order valence-corrected chi connectivity index (χ4v) is 3.87. The second kappa shape index (κ2) is 9.12. The number of nitrogens with one attached hydrogen (secondary N) is 1. The standard InChI is InChI=1S/C17H17Cl3N2O4S/c1-26-10-11-4-3-5-12(6-11)21-17(23)9-22(27(2,24)25)16-8-14(19)13(18)7-15(16)20/h3-8H,9-10H2,1-2H3,(H,21,23). The third kappa shape index (κ3) is 5.99. The first kappa shape index (κ1) is 21.8. The Morgan fingerprint density at radius 1 is 1.11 bits per heavy atom. The van der Waals surface area contributed by atoms with E-state index in [1.807, 2.05) is 6.07 Å². The van der Waals surface area contributed by atoms with Crippen LogP contribution in [0.15, 0.2) is 36.4 Å². The van der Waals surface area contributed by atoms with Crippen molar-refractivity contribution in [2.45, 2.75) is 6.61 Å². The lowest BCUT2D eigenvalue weighted by Gasteiger charge is -2.23. The Bertz CT molecular complexity index is 951. The molecule has 146 valence electrons. The Morgan fingerprint density at radius 2 is 1.78 bits per heavy atom. The minimum absolute atomic E-state index is 0.0599. The fraction of sp³-hybridized carbons (Fsp3) is 0.235. The van der Waals surface area contributed by atoms with Crippen LogP contribution in [0.4, 0.5) is 11.4 Å². The van der Waals surface area contributed by atoms with Crippen LogP contribution in [0, 0.1) is 0 Å². The number of hydrogen-bond donors (Lipinski definition) is 1. The van der Waals surface area contributed by atoms with Crippen LogP contribution in [0.3, 0.4) is 0 Å². The van der Waals surface area contributed by atoms with Gasteiger partial charge in [-0.25, -0.2) is 8.42 Å². The smallest absolute Gasteiger partial charge is 0.245 e. The molecule has 0 bridgehead atoms. The lowest BCUT2D eigenvalue weighted by Crippen LogP contribution is -2.37. The number of benzene rings is 2. The maximum atomic E-state index is 12.4. The maximum Gasteiger partial charge on any atom is 0.245 e. The van der Waals surface area contributed by atoms with Gasteiger partial charge in [0.15, 0.2) is 0 Å². The van der Waals surface area contributed by atoms with Crippen LogP contribution in [0.25, 0.3) is 0 Å². The van der Waals surface area contributed by atoms with Crippen molar-refractivity contribution in [2.24, 2.45) is 0 Å². The highest BCUT2D eigenvalue weighted by molar-refractivity contribution is 7.92. The molecule has 0 radical (unpaired) electrons. The SMILES string of the molecule is COCc1cccc(NC(=O)CN(c2cc(Cl)c(Cl)cc2Cl)S(C)(=O)=O)c1. The van der Waals surface area contributed by atoms with Gasteiger partial charge in [-0.3, -0.25) is 9.10 Å². The van der Waals surface area contributed by atoms with Crippen LogP contribution in [-0.2, 0) is 26.2 Å². The first-order valence-electron chi connectivity index (χ1n) is 7.62. The van der Waals surface area contributed by atoms with Gasteiger partial charge < -0.3 is 10.1 Å². The summed E-state index contributed by atoms with van der Waals surface area (Å²) in [7, 11) is -2.24. The average molecular weight is 452 g/mol. The van der Waals surface area contributed by atoms with E-state index in [2.05, 4.69) is 5.32 Å². The number of amides is 1. The summed E-state index contributed by atoms with van der Waals surface area (Å²) >= 11 is 18.0. The number of sulfonamides is 1. The van der Waals surface area contributed by atoms with Crippen LogP contribution in [-0.4, -0.2) is 34.2 Å². The van der Waals surface area contributed by atoms with Gasteiger partial charge in [-0.15, -0.1) is 0 Å². The highest BCUT2D eigenvalue weighted by Crippen LogP contribution is 2.35. The van der Waals surface area contributed by atoms with Crippen LogP contribution in [0.2, 0.25) is 15.1 Å². The molecule has 0 aliphatic carbocycles. The summed E-state index contributed by atoms with van der Waals surface area (Å²) in [5.74, 6) is -0.544. The van der Waals surface area contributed by atoms with E-state index in [1.54, 1.807) is 25.3 Å². The molecule has 0 spiro atoms. The molecule has 0 aromatic heterocycles. The number of halogens is 3. The number of carbonyl (C=O) groups is 1. The molecule has 27 heavy (non-hydrogen) atoms. The van der Waals surface area contributed by atoms with E-state index >= 15 is 0 Å². The molecule has 2 rings (SSSR count). The zero-order valence-electron chi connectivity index (χ0n) is 14.5. The molecule has 6 nitrogen and oxygen atoms in total. The van der Waals surface area contributed by atoms with Crippen molar-refractivity contribution in [3.05, 3.63) is 57.0 Å². The normalized spacial score (nSPS) is 11.3. The first-order chi connectivity index (χ1) is 12.6. The van der Waals surface area contributed by atoms with Crippen molar-refractivity contribution in [1.82, 2.24) is 0 Å². The van der Waals surface area contributed by atoms with Gasteiger partial charge in [-0.1, -0.05) is 46.9 Å². The topological polar surface area (TPSA) is 75.7 Å². The van der Waals surface area contributed by atoms with E-state index in [0.29, 0.717) is 12.3 Å². The summed E-state index contributed by atoms with van der Waals surface area (Å²) < 4.78 is 30.3. The number of nitrogens with zero attached hydrogens (tertiary/aromatic N) is 1. The summed E-state index contributed by atoms with van der Waals surface area (Å²) in [6, 6.07) is 9.66. The van der Waals surface area contributed by atoms with Crippen molar-refractivity contribution in [2.75, 3.05) is 29.5 Å². The molecule has 0 fully saturated rings. The molecule has 0 unspecified atom stereocenters. The summed E-state index contributed by atoms with van der Waals surface area (Å²) in [6.07, 6.45) is 0.971. The predicted octanol–water partition coefficient (Wildman–Crippen LogP) is 4.20. The highest BCUT2D eigenvalue weighted by Gasteiger charge is 2.24. The molecule has 0 saturated heterocycles. The molecule has 0 aliphatic heterocycles. The molecule has 1 N–H and O–H groups in total. The number of ether oxygens (including phenoxy) is 1. The molecule has 2 aromatic carbocycles. The van der Waals surface area contributed by atoms with Gasteiger partial charge in [0.05, 0.1) is 33.6 Å². The molecule has 0 atom stereocenters. The lowest BCUT2D eigenvalue weighted by atomic mass is 10.2. The molecular formula is C17H17Cl3N2O4S. The van der Waals surface area contributed by atoms with Crippen molar-refractivity contribution in [3.63, 3.8) is 0 Å². The highest BCUT2D eigenvalue weighted by atomic mass is 35.5. The second-order valence-electron chi connectivity index (χ2n) is 5.67. The Labute approximate surface area is 173 Å². The molecule has 0 aliphatic rings. The second-order valence-corrected chi connectivity index (χ2v) is 8.80. The Morgan fingerprint density at radius 3 is 2.41 bits per heavy atom. The van der Waals surface area contributed by atoms with Gasteiger partial charge in [0, 0.05) is 12.8 Å². The Kier molecular flexibility index (Phi) is 7.36. The zero-order chi connectivity index (χ0) is 20.2. The van der Waals surface area contributed by atoms with E-state index in [0.717, 1.165) is 16.1 Å². The minimum Gasteiger partial charge on any atom is -0.380 e. The molecular weight excluding hydrogens is 435 g/mol. The third-order valence-corrected chi connectivity index (χ3v) is 5.62. The number of anilines is 2. The van der Waals surface area contributed by atoms with E-state index in [4.69, 9.17) is 39.5 Å². The molecule has 0 heterocycles. The predicted molar refractivity (Wildman–Crippen MR) is 109 cm³/mol. The van der Waals surface area contributed by atoms with Gasteiger partial charge >= 0.3 is 0 Å². The minimum atomic E-state index is -3.81. The van der Waals surface area contributed by atoms with E-state index in [-0.39, 0.29) is 20.8 Å². The lowest BCUT2D eigenvalue weighted by molar-refractivity contribution is -0.114. The van der Waals surface area contributed by atoms with Gasteiger partial charge in [-0.2, -0.15) is 0 Å². The van der Waals surface area contributed by atoms with Crippen molar-refractivity contribution >= 4 is 62.1 Å². The zero-order valence-corrected chi connectivity index (χ0v) is 17.6. The van der Waals surface area contributed by atoms with Gasteiger partial charge in [0.1, 0.15) is 6.54 Å². The molecule has 2 aromatic rings. The summed E-state index contributed by atoms with van der Waals surface area (Å²) in [5.41, 5.74) is 1.45. The van der Waals surface area contributed by atoms with Crippen LogP contribution in [0.1, 0.15) is 5.56 Å². The van der Waals surface area contributed by atoms with E-state index in [1.165, 1.54) is 12.1 Å². The van der Waals surface area contributed by atoms with Crippen molar-refractivity contribution in [1.29, 1.82) is 0 Å². The Balaban J connectivity index is 2.26. The van der Waals surface area contributed by atoms with Crippen molar-refractivity contribution in [3.8, 4) is 0 Å². The number of carbonyl (C=O) groups excluding carboxylic acids is 1. The van der Waals surface area contributed by atoms with Crippen LogP contribution >= 0.6 is 34.8 Å². The molecule has 1 amide bonds. The van der Waals surface area contributed by atoms with Gasteiger partial charge in [0.2, 0.25) is 15.9 Å². The summed E-state index contributed by atoms with van der Waals surface area (Å²) in [5, 5.41) is 3.02. The Hall–Kier alpha value is -1.51. The summed E-state index contributed by atoms with van der Waals surface area (Å²) in [4.78, 5) is 12.4. The quantitative estimate of drug-likeness (QED) is 0.640. The number of methoxy groups -OCH3 is 1. The largest absolute Gasteiger partial charge is 0.380 e. The molecule has 10 heteroatoms. The number of hydrogen-bond acceptors (Lipinski definition) is 4. The first-order valence-corrected chi connectivity index (χ1v) is 10.6. The van der Waals surface area contributed by atoms with E-state index in [9.17, 15) is 13.2 Å². The maximum absolute atomic E-state index is 12.4. The van der Waals surface area contributed by atoms with Gasteiger partial charge in [-0.05, 0) is 29.8 Å². The van der Waals surface area contributed by atoms with E-state index < -0.39 is 22.5 Å². The van der Waals surface area contributed by atoms with Crippen molar-refractivity contribution < 1.29 is 17.9 Å². The fourth-order valence-electron chi connectivity index (χ4n) is 2.32. The van der Waals surface area contributed by atoms with Crippen LogP contribution in [0.5, 0.6) is 0 Å².